The van der Waals surface area contributed by atoms with Gasteiger partial charge in [-0.2, -0.15) is 0 Å². The van der Waals surface area contributed by atoms with Gasteiger partial charge in [0.25, 0.3) is 6.43 Å². The Morgan fingerprint density at radius 1 is 1.05 bits per heavy atom. The molecular weight excluding hydrogens is 501 g/mol. The van der Waals surface area contributed by atoms with Gasteiger partial charge in [-0.15, -0.1) is 0 Å². The number of rotatable bonds is 11. The Morgan fingerprint density at radius 2 is 1.85 bits per heavy atom. The average molecular weight is 539 g/mol. The molecule has 3 aromatic rings. The average Bonchev–Trinajstić information content (AvgIpc) is 3.26. The molecule has 1 fully saturated rings. The van der Waals surface area contributed by atoms with Gasteiger partial charge in [-0.05, 0) is 83.0 Å². The number of benzene rings is 3. The molecule has 39 heavy (non-hydrogen) atoms. The van der Waals surface area contributed by atoms with Gasteiger partial charge in [0, 0.05) is 11.1 Å². The van der Waals surface area contributed by atoms with Gasteiger partial charge < -0.3 is 9.84 Å². The summed E-state index contributed by atoms with van der Waals surface area (Å²) >= 11 is 0. The third-order valence-electron chi connectivity index (χ3n) is 8.07. The van der Waals surface area contributed by atoms with Gasteiger partial charge >= 0.3 is 5.97 Å². The minimum Gasteiger partial charge on any atom is -0.489 e. The molecule has 0 radical (unpaired) electrons. The van der Waals surface area contributed by atoms with Gasteiger partial charge in [-0.1, -0.05) is 70.0 Å². The first-order valence-corrected chi connectivity index (χ1v) is 13.7. The maximum Gasteiger partial charge on any atom is 0.303 e. The molecular formula is C33H37F3O3. The van der Waals surface area contributed by atoms with Gasteiger partial charge in [0.15, 0.2) is 0 Å². The summed E-state index contributed by atoms with van der Waals surface area (Å²) in [6.07, 6.45) is 2.11. The van der Waals surface area contributed by atoms with E-state index in [1.807, 2.05) is 49.4 Å². The van der Waals surface area contributed by atoms with Gasteiger partial charge in [0.1, 0.15) is 18.2 Å². The highest BCUT2D eigenvalue weighted by Gasteiger charge is 2.37. The number of carbonyl (C=O) groups is 1. The Kier molecular flexibility index (Phi) is 9.04. The fraction of sp³-hybridized carbons (Fsp3) is 0.424. The van der Waals surface area contributed by atoms with Crippen LogP contribution in [-0.2, 0) is 11.4 Å². The van der Waals surface area contributed by atoms with E-state index < -0.39 is 18.2 Å². The fourth-order valence-electron chi connectivity index (χ4n) is 5.99. The molecule has 0 amide bonds. The third kappa shape index (κ3) is 6.84. The highest BCUT2D eigenvalue weighted by molar-refractivity contribution is 5.70. The van der Waals surface area contributed by atoms with Crippen LogP contribution in [-0.4, -0.2) is 11.1 Å². The molecule has 4 rings (SSSR count). The smallest absolute Gasteiger partial charge is 0.303 e. The Labute approximate surface area is 229 Å². The largest absolute Gasteiger partial charge is 0.489 e. The zero-order valence-electron chi connectivity index (χ0n) is 22.9. The zero-order chi connectivity index (χ0) is 28.2. The van der Waals surface area contributed by atoms with Crippen molar-refractivity contribution in [3.8, 4) is 16.9 Å². The molecule has 1 aliphatic rings. The first-order valence-electron chi connectivity index (χ1n) is 13.7. The summed E-state index contributed by atoms with van der Waals surface area (Å²) in [6, 6.07) is 16.8. The topological polar surface area (TPSA) is 46.5 Å². The highest BCUT2D eigenvalue weighted by atomic mass is 19.3. The maximum atomic E-state index is 15.0. The number of aliphatic carboxylic acids is 1. The lowest BCUT2D eigenvalue weighted by Crippen LogP contribution is -2.17. The first kappa shape index (κ1) is 28.7. The second kappa shape index (κ2) is 12.3. The standard InChI is InChI=1S/C33H37F3O3/c1-4-7-22(19-31(37)38)23-8-5-9-25(17-23)39-20-21-11-13-26(27(16-21)29-10-6-15-33(29,2)3)28-18-24(32(35)36)12-14-30(28)34/h5,8-9,11-14,16-18,22,29,32H,4,6-7,10,15,19-20H2,1-3H3,(H,37,38)/t22-,29-/m0/s1. The van der Waals surface area contributed by atoms with E-state index in [0.717, 1.165) is 60.9 Å². The summed E-state index contributed by atoms with van der Waals surface area (Å²) in [6.45, 7) is 6.73. The van der Waals surface area contributed by atoms with E-state index in [-0.39, 0.29) is 41.4 Å². The molecule has 3 nitrogen and oxygen atoms in total. The van der Waals surface area contributed by atoms with E-state index >= 15 is 0 Å². The molecule has 1 aliphatic carbocycles. The number of hydrogen-bond donors (Lipinski definition) is 1. The molecule has 0 unspecified atom stereocenters. The fourth-order valence-corrected chi connectivity index (χ4v) is 5.99. The number of halogens is 3. The summed E-state index contributed by atoms with van der Waals surface area (Å²) in [7, 11) is 0. The molecule has 0 heterocycles. The monoisotopic (exact) mass is 538 g/mol. The van der Waals surface area contributed by atoms with Crippen molar-refractivity contribution >= 4 is 5.97 Å². The predicted molar refractivity (Wildman–Crippen MR) is 148 cm³/mol. The summed E-state index contributed by atoms with van der Waals surface area (Å²) in [5, 5.41) is 9.32. The lowest BCUT2D eigenvalue weighted by atomic mass is 9.75. The molecule has 1 saturated carbocycles. The zero-order valence-corrected chi connectivity index (χ0v) is 22.9. The number of hydrogen-bond acceptors (Lipinski definition) is 2. The van der Waals surface area contributed by atoms with Gasteiger partial charge in [0.2, 0.25) is 0 Å². The Bertz CT molecular complexity index is 1300. The summed E-state index contributed by atoms with van der Waals surface area (Å²) < 4.78 is 48.0. The molecule has 0 aliphatic heterocycles. The minimum absolute atomic E-state index is 0.00219. The van der Waals surface area contributed by atoms with Crippen molar-refractivity contribution in [2.75, 3.05) is 0 Å². The molecule has 0 bridgehead atoms. The van der Waals surface area contributed by atoms with Crippen LogP contribution in [0.15, 0.2) is 60.7 Å². The van der Waals surface area contributed by atoms with Crippen molar-refractivity contribution < 1.29 is 27.8 Å². The number of alkyl halides is 2. The Morgan fingerprint density at radius 3 is 2.51 bits per heavy atom. The summed E-state index contributed by atoms with van der Waals surface area (Å²) in [4.78, 5) is 11.4. The van der Waals surface area contributed by atoms with Crippen LogP contribution >= 0.6 is 0 Å². The van der Waals surface area contributed by atoms with E-state index in [9.17, 15) is 23.1 Å². The lowest BCUT2D eigenvalue weighted by Gasteiger charge is -2.30. The highest BCUT2D eigenvalue weighted by Crippen LogP contribution is 2.51. The summed E-state index contributed by atoms with van der Waals surface area (Å²) in [5.41, 5.74) is 3.46. The van der Waals surface area contributed by atoms with Crippen molar-refractivity contribution in [2.24, 2.45) is 5.41 Å². The van der Waals surface area contributed by atoms with E-state index in [1.54, 1.807) is 0 Å². The van der Waals surface area contributed by atoms with Crippen molar-refractivity contribution in [3.05, 3.63) is 88.7 Å². The minimum atomic E-state index is -2.67. The number of carboxylic acid groups (broad SMARTS) is 1. The van der Waals surface area contributed by atoms with Crippen molar-refractivity contribution in [3.63, 3.8) is 0 Å². The number of carboxylic acids is 1. The molecule has 3 aromatic carbocycles. The maximum absolute atomic E-state index is 15.0. The number of ether oxygens (including phenoxy) is 1. The van der Waals surface area contributed by atoms with Crippen molar-refractivity contribution in [2.45, 2.75) is 84.2 Å². The van der Waals surface area contributed by atoms with Crippen LogP contribution in [0.4, 0.5) is 13.2 Å². The first-order chi connectivity index (χ1) is 18.6. The van der Waals surface area contributed by atoms with Crippen LogP contribution in [0.25, 0.3) is 11.1 Å². The molecule has 0 saturated heterocycles. The van der Waals surface area contributed by atoms with Crippen LogP contribution < -0.4 is 4.74 Å². The van der Waals surface area contributed by atoms with Crippen LogP contribution in [0, 0.1) is 11.2 Å². The summed E-state index contributed by atoms with van der Waals surface area (Å²) in [5.74, 6) is -0.596. The quantitative estimate of drug-likeness (QED) is 0.264. The molecule has 1 N–H and O–H groups in total. The van der Waals surface area contributed by atoms with E-state index in [4.69, 9.17) is 4.74 Å². The van der Waals surface area contributed by atoms with Gasteiger partial charge in [-0.3, -0.25) is 4.79 Å². The lowest BCUT2D eigenvalue weighted by molar-refractivity contribution is -0.137. The van der Waals surface area contributed by atoms with Crippen LogP contribution in [0.2, 0.25) is 0 Å². The molecule has 0 spiro atoms. The second-order valence-corrected chi connectivity index (χ2v) is 11.3. The SMILES string of the molecule is CCC[C@@H](CC(=O)O)c1cccc(OCc2ccc(-c3cc(C(F)F)ccc3F)c([C@@H]3CCCC3(C)C)c2)c1. The van der Waals surface area contributed by atoms with Gasteiger partial charge in [-0.25, -0.2) is 13.2 Å². The predicted octanol–water partition coefficient (Wildman–Crippen LogP) is 9.66. The molecule has 2 atom stereocenters. The van der Waals surface area contributed by atoms with E-state index in [0.29, 0.717) is 11.3 Å². The van der Waals surface area contributed by atoms with E-state index in [1.165, 1.54) is 6.07 Å². The third-order valence-corrected chi connectivity index (χ3v) is 8.07. The van der Waals surface area contributed by atoms with Crippen molar-refractivity contribution in [1.29, 1.82) is 0 Å². The van der Waals surface area contributed by atoms with Crippen LogP contribution in [0.3, 0.4) is 0 Å². The van der Waals surface area contributed by atoms with Gasteiger partial charge in [0.05, 0.1) is 6.42 Å². The van der Waals surface area contributed by atoms with Crippen molar-refractivity contribution in [1.82, 2.24) is 0 Å². The molecule has 208 valence electrons. The Balaban J connectivity index is 1.65. The second-order valence-electron chi connectivity index (χ2n) is 11.3. The van der Waals surface area contributed by atoms with Crippen LogP contribution in [0.1, 0.15) is 99.8 Å². The molecule has 0 aromatic heterocycles. The van der Waals surface area contributed by atoms with Crippen LogP contribution in [0.5, 0.6) is 5.75 Å². The Hall–Kier alpha value is -3.28. The van der Waals surface area contributed by atoms with E-state index in [2.05, 4.69) is 13.8 Å². The normalized spacial score (nSPS) is 17.4. The molecule has 6 heteroatoms.